The second kappa shape index (κ2) is 3.76. The standard InChI is InChI=1S/C9H11NO/c1-8(11)10-7-9-5-3-2-4-6-9/h2-6H,7H2,1H3,(H,10,11)/i5D,7D2. The third-order valence-corrected chi connectivity index (χ3v) is 1.08. The highest BCUT2D eigenvalue weighted by atomic mass is 16.1. The molecule has 11 heavy (non-hydrogen) atoms. The van der Waals surface area contributed by atoms with Gasteiger partial charge >= 0.3 is 0 Å². The van der Waals surface area contributed by atoms with Crippen LogP contribution in [0.25, 0.3) is 0 Å². The first kappa shape index (κ1) is 4.54. The van der Waals surface area contributed by atoms with Crippen molar-refractivity contribution in [2.75, 3.05) is 0 Å². The predicted octanol–water partition coefficient (Wildman–Crippen LogP) is 1.32. The zero-order valence-corrected chi connectivity index (χ0v) is 6.22. The molecule has 0 saturated carbocycles. The van der Waals surface area contributed by atoms with E-state index < -0.39 is 12.4 Å². The van der Waals surface area contributed by atoms with Crippen LogP contribution in [-0.4, -0.2) is 5.91 Å². The van der Waals surface area contributed by atoms with Crippen LogP contribution in [0.15, 0.2) is 30.3 Å². The lowest BCUT2D eigenvalue weighted by Crippen LogP contribution is -2.18. The van der Waals surface area contributed by atoms with Crippen LogP contribution in [0.1, 0.15) is 16.6 Å². The maximum absolute atomic E-state index is 10.7. The van der Waals surface area contributed by atoms with E-state index >= 15 is 0 Å². The van der Waals surface area contributed by atoms with Gasteiger partial charge in [-0.2, -0.15) is 0 Å². The molecule has 0 bridgehead atoms. The van der Waals surface area contributed by atoms with Gasteiger partial charge in [0.2, 0.25) is 5.91 Å². The van der Waals surface area contributed by atoms with Gasteiger partial charge in [-0.15, -0.1) is 0 Å². The number of hydrogen-bond donors (Lipinski definition) is 1. The van der Waals surface area contributed by atoms with Gasteiger partial charge in [-0.3, -0.25) is 4.79 Å². The van der Waals surface area contributed by atoms with Crippen LogP contribution in [0.5, 0.6) is 0 Å². The molecule has 1 aromatic carbocycles. The van der Waals surface area contributed by atoms with Gasteiger partial charge in [0, 0.05) is 13.4 Å². The number of benzene rings is 1. The molecule has 2 nitrogen and oxygen atoms in total. The van der Waals surface area contributed by atoms with Gasteiger partial charge in [0.1, 0.15) is 0 Å². The highest BCUT2D eigenvalue weighted by Gasteiger charge is 1.91. The highest BCUT2D eigenvalue weighted by molar-refractivity contribution is 5.72. The normalized spacial score (nSPS) is 14.5. The first-order chi connectivity index (χ1) is 6.43. The Hall–Kier alpha value is -1.31. The molecule has 0 aliphatic rings. The summed E-state index contributed by atoms with van der Waals surface area (Å²) in [6.07, 6.45) is 0. The average molecular weight is 152 g/mol. The Labute approximate surface area is 70.5 Å². The van der Waals surface area contributed by atoms with E-state index in [9.17, 15) is 4.79 Å². The maximum atomic E-state index is 10.7. The fourth-order valence-electron chi connectivity index (χ4n) is 0.626. The molecule has 0 saturated heterocycles. The van der Waals surface area contributed by atoms with Gasteiger partial charge < -0.3 is 5.32 Å². The van der Waals surface area contributed by atoms with Crippen molar-refractivity contribution in [1.29, 1.82) is 0 Å². The van der Waals surface area contributed by atoms with E-state index in [0.717, 1.165) is 0 Å². The van der Waals surface area contributed by atoms with Crippen LogP contribution in [0.4, 0.5) is 0 Å². The van der Waals surface area contributed by atoms with Crippen molar-refractivity contribution in [3.63, 3.8) is 0 Å². The summed E-state index contributed by atoms with van der Waals surface area (Å²) in [4.78, 5) is 10.7. The van der Waals surface area contributed by atoms with E-state index in [-0.39, 0.29) is 11.6 Å². The molecule has 0 aromatic heterocycles. The van der Waals surface area contributed by atoms with Crippen LogP contribution in [0.3, 0.4) is 0 Å². The average Bonchev–Trinajstić information content (AvgIpc) is 2.02. The van der Waals surface area contributed by atoms with Gasteiger partial charge in [0.25, 0.3) is 0 Å². The minimum atomic E-state index is -1.98. The Bertz CT molecular complexity index is 352. The van der Waals surface area contributed by atoms with E-state index in [1.54, 1.807) is 12.1 Å². The topological polar surface area (TPSA) is 29.1 Å². The zero-order valence-electron chi connectivity index (χ0n) is 9.22. The zero-order chi connectivity index (χ0) is 10.8. The lowest BCUT2D eigenvalue weighted by atomic mass is 10.2. The summed E-state index contributed by atoms with van der Waals surface area (Å²) in [5, 5.41) is 2.15. The lowest BCUT2D eigenvalue weighted by Gasteiger charge is -2.00. The van der Waals surface area contributed by atoms with E-state index in [1.807, 2.05) is 0 Å². The SMILES string of the molecule is [2H]c1ccccc1C([2H])([2H])NC(C)=O. The summed E-state index contributed by atoms with van der Waals surface area (Å²) in [5.74, 6) is -0.460. The Kier molecular flexibility index (Phi) is 1.55. The summed E-state index contributed by atoms with van der Waals surface area (Å²) in [6.45, 7) is -0.742. The molecule has 1 N–H and O–H groups in total. The monoisotopic (exact) mass is 152 g/mol. The first-order valence-electron chi connectivity index (χ1n) is 4.78. The maximum Gasteiger partial charge on any atom is 0.217 e. The van der Waals surface area contributed by atoms with Crippen LogP contribution < -0.4 is 5.32 Å². The van der Waals surface area contributed by atoms with Crippen molar-refractivity contribution < 1.29 is 8.91 Å². The van der Waals surface area contributed by atoms with E-state index in [4.69, 9.17) is 4.11 Å². The molecule has 0 atom stereocenters. The molecular formula is C9H11NO. The number of carbonyl (C=O) groups is 1. The van der Waals surface area contributed by atoms with Crippen molar-refractivity contribution in [1.82, 2.24) is 5.32 Å². The highest BCUT2D eigenvalue weighted by Crippen LogP contribution is 1.96. The van der Waals surface area contributed by atoms with Crippen molar-refractivity contribution in [2.24, 2.45) is 0 Å². The van der Waals surface area contributed by atoms with Crippen LogP contribution >= 0.6 is 0 Å². The smallest absolute Gasteiger partial charge is 0.217 e. The van der Waals surface area contributed by atoms with Gasteiger partial charge in [0.15, 0.2) is 0 Å². The van der Waals surface area contributed by atoms with Gasteiger partial charge in [0.05, 0.1) is 4.11 Å². The summed E-state index contributed by atoms with van der Waals surface area (Å²) in [5.41, 5.74) is 0.162. The fraction of sp³-hybridized carbons (Fsp3) is 0.222. The van der Waals surface area contributed by atoms with Crippen molar-refractivity contribution in [2.45, 2.75) is 13.4 Å². The van der Waals surface area contributed by atoms with Gasteiger partial charge in [-0.05, 0) is 5.56 Å². The fourth-order valence-corrected chi connectivity index (χ4v) is 0.626. The molecule has 0 aliphatic heterocycles. The number of carbonyl (C=O) groups excluding carboxylic acids is 1. The predicted molar refractivity (Wildman–Crippen MR) is 44.0 cm³/mol. The number of nitrogens with one attached hydrogen (secondary N) is 1. The second-order valence-electron chi connectivity index (χ2n) is 2.08. The Morgan fingerprint density at radius 2 is 2.55 bits per heavy atom. The lowest BCUT2D eigenvalue weighted by molar-refractivity contribution is -0.119. The molecule has 0 radical (unpaired) electrons. The molecule has 2 heteroatoms. The van der Waals surface area contributed by atoms with Crippen molar-refractivity contribution in [3.8, 4) is 0 Å². The molecule has 0 heterocycles. The summed E-state index contributed by atoms with van der Waals surface area (Å²) in [6, 6.07) is 6.32. The molecule has 1 rings (SSSR count). The number of hydrogen-bond acceptors (Lipinski definition) is 1. The van der Waals surface area contributed by atoms with Gasteiger partial charge in [-0.1, -0.05) is 30.3 Å². The quantitative estimate of drug-likeness (QED) is 0.680. The third-order valence-electron chi connectivity index (χ3n) is 1.08. The van der Waals surface area contributed by atoms with Crippen molar-refractivity contribution in [3.05, 3.63) is 35.9 Å². The minimum absolute atomic E-state index is 0.0752. The van der Waals surface area contributed by atoms with E-state index in [2.05, 4.69) is 5.32 Å². The molecule has 0 unspecified atom stereocenters. The number of amides is 1. The van der Waals surface area contributed by atoms with Crippen LogP contribution in [-0.2, 0) is 11.3 Å². The van der Waals surface area contributed by atoms with E-state index in [0.29, 0.717) is 0 Å². The third kappa shape index (κ3) is 2.85. The molecular weight excluding hydrogens is 138 g/mol. The summed E-state index contributed by atoms with van der Waals surface area (Å²) in [7, 11) is 0. The Morgan fingerprint density at radius 3 is 3.18 bits per heavy atom. The molecule has 0 aliphatic carbocycles. The first-order valence-corrected chi connectivity index (χ1v) is 3.28. The van der Waals surface area contributed by atoms with Crippen LogP contribution in [0.2, 0.25) is 0 Å². The second-order valence-corrected chi connectivity index (χ2v) is 2.08. The summed E-state index contributed by atoms with van der Waals surface area (Å²) < 4.78 is 22.6. The molecule has 1 amide bonds. The Balaban J connectivity index is 3.03. The molecule has 0 fully saturated rings. The minimum Gasteiger partial charge on any atom is -0.352 e. The number of rotatable bonds is 2. The summed E-state index contributed by atoms with van der Waals surface area (Å²) >= 11 is 0. The van der Waals surface area contributed by atoms with E-state index in [1.165, 1.54) is 19.1 Å². The molecule has 1 aromatic rings. The molecule has 58 valence electrons. The molecule has 0 spiro atoms. The Morgan fingerprint density at radius 1 is 1.73 bits per heavy atom. The largest absolute Gasteiger partial charge is 0.352 e. The van der Waals surface area contributed by atoms with Crippen molar-refractivity contribution >= 4 is 5.91 Å². The van der Waals surface area contributed by atoms with Crippen LogP contribution in [0, 0.1) is 0 Å². The van der Waals surface area contributed by atoms with Gasteiger partial charge in [-0.25, -0.2) is 0 Å².